The number of rotatable bonds is 3. The van der Waals surface area contributed by atoms with Crippen LogP contribution in [0, 0.1) is 0 Å². The van der Waals surface area contributed by atoms with Crippen molar-refractivity contribution in [3.05, 3.63) is 146 Å². The minimum absolute atomic E-state index is 0.893. The van der Waals surface area contributed by atoms with Gasteiger partial charge in [-0.2, -0.15) is 0 Å². The Balaban J connectivity index is 1.32. The molecule has 0 atom stereocenters. The Morgan fingerprint density at radius 1 is 0.381 bits per heavy atom. The lowest BCUT2D eigenvalue weighted by molar-refractivity contribution is 0.487. The Morgan fingerprint density at radius 3 is 1.98 bits per heavy atom. The molecule has 9 rings (SSSR count). The second kappa shape index (κ2) is 8.95. The Bertz CT molecular complexity index is 2330. The van der Waals surface area contributed by atoms with E-state index in [-0.39, 0.29) is 0 Å². The van der Waals surface area contributed by atoms with Crippen LogP contribution in [0.25, 0.3) is 77.2 Å². The lowest BCUT2D eigenvalue weighted by Gasteiger charge is -2.22. The van der Waals surface area contributed by atoms with Gasteiger partial charge in [-0.15, -0.1) is 0 Å². The molecule has 2 nitrogen and oxygen atoms in total. The number of furan rings is 1. The van der Waals surface area contributed by atoms with E-state index in [1.165, 1.54) is 27.6 Å². The van der Waals surface area contributed by atoms with Crippen LogP contribution in [0.3, 0.4) is 0 Å². The molecule has 1 aliphatic heterocycles. The molecule has 196 valence electrons. The average Bonchev–Trinajstić information content (AvgIpc) is 3.44. The molecule has 2 heteroatoms. The highest BCUT2D eigenvalue weighted by Crippen LogP contribution is 2.48. The summed E-state index contributed by atoms with van der Waals surface area (Å²) in [5.41, 5.74) is 11.0. The quantitative estimate of drug-likeness (QED) is 0.224. The first kappa shape index (κ1) is 23.1. The maximum Gasteiger partial charge on any atom is 0.143 e. The van der Waals surface area contributed by atoms with Gasteiger partial charge < -0.3 is 9.15 Å². The van der Waals surface area contributed by atoms with Crippen LogP contribution >= 0.6 is 0 Å². The second-order valence-corrected chi connectivity index (χ2v) is 10.9. The first-order valence-electron chi connectivity index (χ1n) is 14.3. The van der Waals surface area contributed by atoms with Crippen molar-refractivity contribution in [2.24, 2.45) is 0 Å². The van der Waals surface area contributed by atoms with E-state index in [4.69, 9.17) is 9.15 Å². The van der Waals surface area contributed by atoms with Gasteiger partial charge in [0.15, 0.2) is 0 Å². The first-order chi connectivity index (χ1) is 20.8. The predicted molar refractivity (Wildman–Crippen MR) is 173 cm³/mol. The number of benzene rings is 7. The molecule has 1 aromatic heterocycles. The standard InChI is InChI=1S/C40H24O2/c1-2-10-25(11-3-1)27-21-28(23-30(22-27)31-15-9-16-34-32-13-4-7-18-37(32)42-40(31)34)29-20-26-12-8-19-38-39(26)35(24-29)33-14-5-6-17-36(33)41-38/h1-24H. The van der Waals surface area contributed by atoms with Crippen molar-refractivity contribution in [2.45, 2.75) is 0 Å². The maximum absolute atomic E-state index is 6.47. The van der Waals surface area contributed by atoms with Crippen molar-refractivity contribution >= 4 is 32.7 Å². The van der Waals surface area contributed by atoms with Crippen LogP contribution in [0.15, 0.2) is 150 Å². The van der Waals surface area contributed by atoms with Gasteiger partial charge in [0.05, 0.1) is 0 Å². The molecule has 1 aliphatic rings. The number of fused-ring (bicyclic) bond motifs is 5. The van der Waals surface area contributed by atoms with Gasteiger partial charge in [-0.3, -0.25) is 0 Å². The fourth-order valence-corrected chi connectivity index (χ4v) is 6.48. The van der Waals surface area contributed by atoms with E-state index >= 15 is 0 Å². The van der Waals surface area contributed by atoms with Crippen LogP contribution in [0.4, 0.5) is 0 Å². The summed E-state index contributed by atoms with van der Waals surface area (Å²) in [6, 6.07) is 51.5. The topological polar surface area (TPSA) is 22.4 Å². The zero-order valence-corrected chi connectivity index (χ0v) is 22.7. The van der Waals surface area contributed by atoms with Gasteiger partial charge in [-0.25, -0.2) is 0 Å². The molecule has 2 heterocycles. The van der Waals surface area contributed by atoms with Crippen LogP contribution in [0.1, 0.15) is 0 Å². The van der Waals surface area contributed by atoms with Crippen LogP contribution < -0.4 is 4.74 Å². The number of hydrogen-bond acceptors (Lipinski definition) is 2. The summed E-state index contributed by atoms with van der Waals surface area (Å²) in [7, 11) is 0. The summed E-state index contributed by atoms with van der Waals surface area (Å²) < 4.78 is 12.8. The smallest absolute Gasteiger partial charge is 0.143 e. The lowest BCUT2D eigenvalue weighted by atomic mass is 9.88. The molecular weight excluding hydrogens is 512 g/mol. The number of para-hydroxylation sites is 3. The number of hydrogen-bond donors (Lipinski definition) is 0. The minimum Gasteiger partial charge on any atom is -0.456 e. The summed E-state index contributed by atoms with van der Waals surface area (Å²) in [6.07, 6.45) is 0. The summed E-state index contributed by atoms with van der Waals surface area (Å²) in [5.74, 6) is 1.80. The van der Waals surface area contributed by atoms with Crippen LogP contribution in [0.5, 0.6) is 11.5 Å². The molecule has 0 N–H and O–H groups in total. The zero-order valence-electron chi connectivity index (χ0n) is 22.7. The Morgan fingerprint density at radius 2 is 1.05 bits per heavy atom. The van der Waals surface area contributed by atoms with Crippen molar-refractivity contribution in [1.29, 1.82) is 0 Å². The van der Waals surface area contributed by atoms with Gasteiger partial charge >= 0.3 is 0 Å². The van der Waals surface area contributed by atoms with Gasteiger partial charge in [0.2, 0.25) is 0 Å². The molecule has 42 heavy (non-hydrogen) atoms. The lowest BCUT2D eigenvalue weighted by Crippen LogP contribution is -1.97. The van der Waals surface area contributed by atoms with E-state index < -0.39 is 0 Å². The maximum atomic E-state index is 6.47. The van der Waals surface area contributed by atoms with E-state index in [0.717, 1.165) is 61.1 Å². The Labute approximate surface area is 243 Å². The fourth-order valence-electron chi connectivity index (χ4n) is 6.48. The van der Waals surface area contributed by atoms with Gasteiger partial charge in [-0.1, -0.05) is 97.1 Å². The predicted octanol–water partition coefficient (Wildman–Crippen LogP) is 11.5. The summed E-state index contributed by atoms with van der Waals surface area (Å²) >= 11 is 0. The van der Waals surface area contributed by atoms with Crippen LogP contribution in [0.2, 0.25) is 0 Å². The average molecular weight is 537 g/mol. The van der Waals surface area contributed by atoms with Crippen molar-refractivity contribution in [2.75, 3.05) is 0 Å². The van der Waals surface area contributed by atoms with E-state index in [2.05, 4.69) is 121 Å². The number of ether oxygens (including phenoxy) is 1. The Hall–Kier alpha value is -5.60. The molecule has 0 saturated heterocycles. The van der Waals surface area contributed by atoms with Crippen LogP contribution in [-0.4, -0.2) is 0 Å². The first-order valence-corrected chi connectivity index (χ1v) is 14.3. The highest BCUT2D eigenvalue weighted by Gasteiger charge is 2.21. The normalized spacial score (nSPS) is 12.0. The summed E-state index contributed by atoms with van der Waals surface area (Å²) in [5, 5.41) is 4.60. The molecule has 0 saturated carbocycles. The van der Waals surface area contributed by atoms with E-state index in [0.29, 0.717) is 0 Å². The van der Waals surface area contributed by atoms with E-state index in [9.17, 15) is 0 Å². The molecule has 0 radical (unpaired) electrons. The summed E-state index contributed by atoms with van der Waals surface area (Å²) in [4.78, 5) is 0. The molecule has 0 unspecified atom stereocenters. The fraction of sp³-hybridized carbons (Fsp3) is 0. The SMILES string of the molecule is c1ccc(-c2cc(-c3cc4c5c(cccc5c3)Oc3ccccc3-4)cc(-c3cccc4c3oc3ccccc34)c2)cc1. The van der Waals surface area contributed by atoms with E-state index in [1.54, 1.807) is 0 Å². The molecule has 7 aromatic carbocycles. The Kier molecular flexibility index (Phi) is 4.93. The molecule has 0 bridgehead atoms. The third-order valence-corrected chi connectivity index (χ3v) is 8.42. The highest BCUT2D eigenvalue weighted by molar-refractivity contribution is 6.10. The molecule has 0 fully saturated rings. The van der Waals surface area contributed by atoms with Crippen molar-refractivity contribution in [3.8, 4) is 56.0 Å². The molecule has 0 aliphatic carbocycles. The van der Waals surface area contributed by atoms with Crippen molar-refractivity contribution < 1.29 is 9.15 Å². The summed E-state index contributed by atoms with van der Waals surface area (Å²) in [6.45, 7) is 0. The minimum atomic E-state index is 0.893. The van der Waals surface area contributed by atoms with Gasteiger partial charge in [0.25, 0.3) is 0 Å². The van der Waals surface area contributed by atoms with Gasteiger partial charge in [0.1, 0.15) is 22.7 Å². The van der Waals surface area contributed by atoms with Crippen molar-refractivity contribution in [1.82, 2.24) is 0 Å². The molecule has 8 aromatic rings. The van der Waals surface area contributed by atoms with Gasteiger partial charge in [-0.05, 0) is 87.3 Å². The van der Waals surface area contributed by atoms with Crippen molar-refractivity contribution in [3.63, 3.8) is 0 Å². The molecular formula is C40H24O2. The molecule has 0 spiro atoms. The monoisotopic (exact) mass is 536 g/mol. The van der Waals surface area contributed by atoms with Crippen LogP contribution in [-0.2, 0) is 0 Å². The largest absolute Gasteiger partial charge is 0.456 e. The van der Waals surface area contributed by atoms with Gasteiger partial charge in [0, 0.05) is 27.3 Å². The molecule has 0 amide bonds. The third kappa shape index (κ3) is 3.52. The highest BCUT2D eigenvalue weighted by atomic mass is 16.5. The third-order valence-electron chi connectivity index (χ3n) is 8.42. The zero-order chi connectivity index (χ0) is 27.6. The van der Waals surface area contributed by atoms with E-state index in [1.807, 2.05) is 24.3 Å². The second-order valence-electron chi connectivity index (χ2n) is 10.9.